The van der Waals surface area contributed by atoms with Gasteiger partial charge in [-0.05, 0) is 38.0 Å². The van der Waals surface area contributed by atoms with Crippen LogP contribution in [-0.2, 0) is 4.79 Å². The first-order valence-electron chi connectivity index (χ1n) is 6.46. The van der Waals surface area contributed by atoms with E-state index < -0.39 is 12.0 Å². The first kappa shape index (κ1) is 13.1. The zero-order chi connectivity index (χ0) is 14.3. The van der Waals surface area contributed by atoms with Crippen molar-refractivity contribution >= 4 is 33.4 Å². The van der Waals surface area contributed by atoms with Crippen molar-refractivity contribution in [2.75, 3.05) is 0 Å². The van der Waals surface area contributed by atoms with Crippen LogP contribution in [0.2, 0.25) is 0 Å². The van der Waals surface area contributed by atoms with E-state index in [1.165, 1.54) is 16.2 Å². The van der Waals surface area contributed by atoms with Crippen LogP contribution >= 0.6 is 11.3 Å². The minimum Gasteiger partial charge on any atom is -0.480 e. The number of carboxylic acids is 1. The van der Waals surface area contributed by atoms with Gasteiger partial charge in [0.1, 0.15) is 6.04 Å². The average molecular weight is 290 g/mol. The summed E-state index contributed by atoms with van der Waals surface area (Å²) in [5.41, 5.74) is 3.12. The lowest BCUT2D eigenvalue weighted by atomic mass is 10.1. The highest BCUT2D eigenvalue weighted by Crippen LogP contribution is 2.31. The zero-order valence-corrected chi connectivity index (χ0v) is 11.8. The van der Waals surface area contributed by atoms with Gasteiger partial charge in [-0.1, -0.05) is 0 Å². The van der Waals surface area contributed by atoms with E-state index >= 15 is 0 Å². The Hall–Kier alpha value is -1.95. The molecule has 1 aromatic heterocycles. The molecule has 2 aromatic rings. The highest BCUT2D eigenvalue weighted by atomic mass is 32.1. The third-order valence-corrected chi connectivity index (χ3v) is 4.32. The lowest BCUT2D eigenvalue weighted by Crippen LogP contribution is -2.44. The molecule has 1 amide bonds. The third kappa shape index (κ3) is 2.27. The number of benzene rings is 1. The third-order valence-electron chi connectivity index (χ3n) is 3.53. The largest absolute Gasteiger partial charge is 0.480 e. The number of carbonyl (C=O) groups is 2. The Morgan fingerprint density at radius 1 is 1.45 bits per heavy atom. The molecule has 0 aliphatic heterocycles. The molecule has 1 aromatic carbocycles. The molecule has 0 spiro atoms. The van der Waals surface area contributed by atoms with Crippen molar-refractivity contribution in [3.63, 3.8) is 0 Å². The summed E-state index contributed by atoms with van der Waals surface area (Å²) >= 11 is 1.47. The van der Waals surface area contributed by atoms with E-state index in [9.17, 15) is 9.59 Å². The standard InChI is InChI=1S/C14H14N2O3S/c1-8(14(18)19)16(10-3-4-10)13(17)9-2-5-11-12(6-9)20-7-15-11/h2,5-8,10H,3-4H2,1H3,(H,18,19). The molecule has 3 rings (SSSR count). The number of aromatic nitrogens is 1. The van der Waals surface area contributed by atoms with E-state index in [0.717, 1.165) is 23.1 Å². The molecule has 0 saturated heterocycles. The van der Waals surface area contributed by atoms with Crippen molar-refractivity contribution < 1.29 is 14.7 Å². The molecule has 1 aliphatic rings. The van der Waals surface area contributed by atoms with Gasteiger partial charge < -0.3 is 10.0 Å². The molecule has 1 fully saturated rings. The summed E-state index contributed by atoms with van der Waals surface area (Å²) in [4.78, 5) is 29.4. The van der Waals surface area contributed by atoms with Gasteiger partial charge in [0.2, 0.25) is 0 Å². The van der Waals surface area contributed by atoms with Gasteiger partial charge in [0.25, 0.3) is 5.91 Å². The minimum atomic E-state index is -0.968. The highest BCUT2D eigenvalue weighted by molar-refractivity contribution is 7.16. The monoisotopic (exact) mass is 290 g/mol. The van der Waals surface area contributed by atoms with E-state index in [-0.39, 0.29) is 11.9 Å². The zero-order valence-electron chi connectivity index (χ0n) is 10.9. The Morgan fingerprint density at radius 3 is 2.85 bits per heavy atom. The molecule has 1 saturated carbocycles. The van der Waals surface area contributed by atoms with Crippen LogP contribution in [-0.4, -0.2) is 39.0 Å². The van der Waals surface area contributed by atoms with Gasteiger partial charge in [0.05, 0.1) is 15.7 Å². The van der Waals surface area contributed by atoms with E-state index in [4.69, 9.17) is 5.11 Å². The molecular weight excluding hydrogens is 276 g/mol. The molecule has 1 unspecified atom stereocenters. The van der Waals surface area contributed by atoms with Crippen LogP contribution in [0.3, 0.4) is 0 Å². The van der Waals surface area contributed by atoms with Gasteiger partial charge in [-0.25, -0.2) is 9.78 Å². The van der Waals surface area contributed by atoms with Crippen LogP contribution < -0.4 is 0 Å². The highest BCUT2D eigenvalue weighted by Gasteiger charge is 2.38. The van der Waals surface area contributed by atoms with Crippen LogP contribution in [0.25, 0.3) is 10.2 Å². The number of carbonyl (C=O) groups excluding carboxylic acids is 1. The van der Waals surface area contributed by atoms with Crippen LogP contribution in [0.5, 0.6) is 0 Å². The van der Waals surface area contributed by atoms with Gasteiger partial charge in [-0.2, -0.15) is 0 Å². The number of nitrogens with zero attached hydrogens (tertiary/aromatic N) is 2. The van der Waals surface area contributed by atoms with Crippen LogP contribution in [0.1, 0.15) is 30.1 Å². The van der Waals surface area contributed by atoms with Gasteiger partial charge in [0, 0.05) is 11.6 Å². The van der Waals surface area contributed by atoms with Crippen molar-refractivity contribution in [3.8, 4) is 0 Å². The molecule has 0 bridgehead atoms. The molecule has 5 nitrogen and oxygen atoms in total. The first-order chi connectivity index (χ1) is 9.58. The Morgan fingerprint density at radius 2 is 2.20 bits per heavy atom. The van der Waals surface area contributed by atoms with Gasteiger partial charge >= 0.3 is 5.97 Å². The predicted molar refractivity (Wildman–Crippen MR) is 75.9 cm³/mol. The number of aliphatic carboxylic acids is 1. The summed E-state index contributed by atoms with van der Waals surface area (Å²) in [6.07, 6.45) is 1.76. The fraction of sp³-hybridized carbons (Fsp3) is 0.357. The van der Waals surface area contributed by atoms with Crippen LogP contribution in [0.4, 0.5) is 0 Å². The van der Waals surface area contributed by atoms with E-state index in [1.807, 2.05) is 0 Å². The van der Waals surface area contributed by atoms with Gasteiger partial charge in [-0.15, -0.1) is 11.3 Å². The summed E-state index contributed by atoms with van der Waals surface area (Å²) < 4.78 is 0.939. The molecular formula is C14H14N2O3S. The maximum Gasteiger partial charge on any atom is 0.326 e. The molecule has 0 radical (unpaired) electrons. The Labute approximate surface area is 119 Å². The van der Waals surface area contributed by atoms with Crippen LogP contribution in [0, 0.1) is 0 Å². The SMILES string of the molecule is CC(C(=O)O)N(C(=O)c1ccc2ncsc2c1)C1CC1. The number of rotatable bonds is 4. The molecule has 1 heterocycles. The van der Waals surface area contributed by atoms with Gasteiger partial charge in [-0.3, -0.25) is 4.79 Å². The number of fused-ring (bicyclic) bond motifs is 1. The fourth-order valence-corrected chi connectivity index (χ4v) is 2.98. The Balaban J connectivity index is 1.94. The molecule has 1 aliphatic carbocycles. The Kier molecular flexibility index (Phi) is 3.17. The minimum absolute atomic E-state index is 0.0609. The topological polar surface area (TPSA) is 70.5 Å². The van der Waals surface area contributed by atoms with E-state index in [0.29, 0.717) is 5.56 Å². The molecule has 1 atom stereocenters. The molecule has 6 heteroatoms. The maximum atomic E-state index is 12.6. The van der Waals surface area contributed by atoms with Gasteiger partial charge in [0.15, 0.2) is 0 Å². The number of carboxylic acid groups (broad SMARTS) is 1. The summed E-state index contributed by atoms with van der Waals surface area (Å²) in [6, 6.07) is 4.57. The quantitative estimate of drug-likeness (QED) is 0.938. The van der Waals surface area contributed by atoms with E-state index in [2.05, 4.69) is 4.98 Å². The molecule has 1 N–H and O–H groups in total. The molecule has 104 valence electrons. The second kappa shape index (κ2) is 4.86. The van der Waals surface area contributed by atoms with Crippen molar-refractivity contribution in [1.82, 2.24) is 9.88 Å². The van der Waals surface area contributed by atoms with Crippen LogP contribution in [0.15, 0.2) is 23.7 Å². The number of thiazole rings is 1. The number of amides is 1. The van der Waals surface area contributed by atoms with Crippen molar-refractivity contribution in [3.05, 3.63) is 29.3 Å². The fourth-order valence-electron chi connectivity index (χ4n) is 2.27. The summed E-state index contributed by atoms with van der Waals surface area (Å²) in [6.45, 7) is 1.56. The predicted octanol–water partition coefficient (Wildman–Crippen LogP) is 2.37. The maximum absolute atomic E-state index is 12.6. The summed E-state index contributed by atoms with van der Waals surface area (Å²) in [5.74, 6) is -1.18. The van der Waals surface area contributed by atoms with E-state index in [1.54, 1.807) is 30.6 Å². The smallest absolute Gasteiger partial charge is 0.326 e. The average Bonchev–Trinajstić information content (AvgIpc) is 3.14. The Bertz CT molecular complexity index is 678. The second-order valence-electron chi connectivity index (χ2n) is 4.99. The van der Waals surface area contributed by atoms with Crippen molar-refractivity contribution in [1.29, 1.82) is 0 Å². The number of hydrogen-bond acceptors (Lipinski definition) is 4. The normalized spacial score (nSPS) is 16.1. The second-order valence-corrected chi connectivity index (χ2v) is 5.88. The first-order valence-corrected chi connectivity index (χ1v) is 7.34. The summed E-state index contributed by atoms with van der Waals surface area (Å²) in [7, 11) is 0. The van der Waals surface area contributed by atoms with Crippen molar-refractivity contribution in [2.24, 2.45) is 0 Å². The number of hydrogen-bond donors (Lipinski definition) is 1. The summed E-state index contributed by atoms with van der Waals surface area (Å²) in [5, 5.41) is 9.16. The lowest BCUT2D eigenvalue weighted by Gasteiger charge is -2.26. The lowest BCUT2D eigenvalue weighted by molar-refractivity contribution is -0.141. The van der Waals surface area contributed by atoms with Crippen molar-refractivity contribution in [2.45, 2.75) is 31.8 Å². The molecule has 20 heavy (non-hydrogen) atoms.